The van der Waals surface area contributed by atoms with E-state index in [2.05, 4.69) is 10.6 Å². The molecule has 0 saturated heterocycles. The number of amides is 2. The van der Waals surface area contributed by atoms with Crippen LogP contribution in [0.1, 0.15) is 0 Å². The lowest BCUT2D eigenvalue weighted by molar-refractivity contribution is 0.253. The average Bonchev–Trinajstić information content (AvgIpc) is 2.26. The van der Waals surface area contributed by atoms with E-state index < -0.39 is 6.03 Å². The molecule has 0 aliphatic carbocycles. The maximum Gasteiger partial charge on any atom is 0.320 e. The molecular formula is C10H10ClN3O2. The molecule has 6 heteroatoms. The number of hydrogen-bond donors (Lipinski definition) is 2. The van der Waals surface area contributed by atoms with Crippen molar-refractivity contribution in [3.63, 3.8) is 0 Å². The van der Waals surface area contributed by atoms with E-state index in [4.69, 9.17) is 21.6 Å². The molecule has 0 heterocycles. The summed E-state index contributed by atoms with van der Waals surface area (Å²) in [5, 5.41) is 13.5. The number of urea groups is 1. The third-order valence-corrected chi connectivity index (χ3v) is 2.03. The van der Waals surface area contributed by atoms with Gasteiger partial charge in [-0.25, -0.2) is 4.79 Å². The minimum Gasteiger partial charge on any atom is -0.495 e. The van der Waals surface area contributed by atoms with Gasteiger partial charge in [0.1, 0.15) is 12.3 Å². The lowest BCUT2D eigenvalue weighted by Crippen LogP contribution is -2.28. The standard InChI is InChI=1S/C10H10ClN3O2/c1-16-9-3-2-7(6-8(9)11)14-10(15)13-5-4-12/h2-3,6H,5H2,1H3,(H2,13,14,15). The molecule has 0 saturated carbocycles. The molecule has 1 rings (SSSR count). The molecule has 0 aliphatic rings. The molecule has 2 N–H and O–H groups in total. The van der Waals surface area contributed by atoms with Gasteiger partial charge < -0.3 is 15.4 Å². The number of methoxy groups -OCH3 is 1. The molecule has 0 aliphatic heterocycles. The summed E-state index contributed by atoms with van der Waals surface area (Å²) in [7, 11) is 1.51. The summed E-state index contributed by atoms with van der Waals surface area (Å²) < 4.78 is 4.97. The van der Waals surface area contributed by atoms with Crippen LogP contribution in [0, 0.1) is 11.3 Å². The third-order valence-electron chi connectivity index (χ3n) is 1.74. The Hall–Kier alpha value is -1.93. The Morgan fingerprint density at radius 3 is 2.94 bits per heavy atom. The number of carbonyl (C=O) groups is 1. The minimum atomic E-state index is -0.456. The SMILES string of the molecule is COc1ccc(NC(=O)NCC#N)cc1Cl. The van der Waals surface area contributed by atoms with Gasteiger partial charge in [-0.2, -0.15) is 5.26 Å². The molecule has 1 aromatic rings. The summed E-state index contributed by atoms with van der Waals surface area (Å²) in [6, 6.07) is 6.19. The molecular weight excluding hydrogens is 230 g/mol. The Morgan fingerprint density at radius 1 is 1.62 bits per heavy atom. The molecule has 0 aromatic heterocycles. The molecule has 5 nitrogen and oxygen atoms in total. The van der Waals surface area contributed by atoms with Crippen molar-refractivity contribution in [3.05, 3.63) is 23.2 Å². The third kappa shape index (κ3) is 3.33. The van der Waals surface area contributed by atoms with E-state index in [1.807, 2.05) is 0 Å². The van der Waals surface area contributed by atoms with Crippen molar-refractivity contribution in [1.29, 1.82) is 5.26 Å². The van der Waals surface area contributed by atoms with Gasteiger partial charge in [-0.05, 0) is 18.2 Å². The smallest absolute Gasteiger partial charge is 0.320 e. The Bertz CT molecular complexity index is 429. The number of anilines is 1. The molecule has 0 unspecified atom stereocenters. The number of nitrogens with zero attached hydrogens (tertiary/aromatic N) is 1. The number of nitriles is 1. The van der Waals surface area contributed by atoms with Crippen molar-refractivity contribution < 1.29 is 9.53 Å². The second-order valence-corrected chi connectivity index (χ2v) is 3.22. The van der Waals surface area contributed by atoms with Crippen LogP contribution < -0.4 is 15.4 Å². The topological polar surface area (TPSA) is 74.2 Å². The van der Waals surface area contributed by atoms with Crippen LogP contribution in [0.25, 0.3) is 0 Å². The first-order valence-electron chi connectivity index (χ1n) is 4.42. The van der Waals surface area contributed by atoms with Gasteiger partial charge in [-0.15, -0.1) is 0 Å². The highest BCUT2D eigenvalue weighted by atomic mass is 35.5. The first kappa shape index (κ1) is 12.1. The highest BCUT2D eigenvalue weighted by Crippen LogP contribution is 2.26. The van der Waals surface area contributed by atoms with Crippen molar-refractivity contribution in [1.82, 2.24) is 5.32 Å². The summed E-state index contributed by atoms with van der Waals surface area (Å²) in [6.07, 6.45) is 0. The largest absolute Gasteiger partial charge is 0.495 e. The zero-order valence-electron chi connectivity index (χ0n) is 8.58. The van der Waals surface area contributed by atoms with Gasteiger partial charge in [0.25, 0.3) is 0 Å². The number of ether oxygens (including phenoxy) is 1. The maximum atomic E-state index is 11.2. The summed E-state index contributed by atoms with van der Waals surface area (Å²) in [5.74, 6) is 0.532. The van der Waals surface area contributed by atoms with Crippen molar-refractivity contribution in [2.24, 2.45) is 0 Å². The van der Waals surface area contributed by atoms with Gasteiger partial charge in [-0.1, -0.05) is 11.6 Å². The van der Waals surface area contributed by atoms with Gasteiger partial charge in [0.2, 0.25) is 0 Å². The van der Waals surface area contributed by atoms with Crippen molar-refractivity contribution in [2.45, 2.75) is 0 Å². The molecule has 0 spiro atoms. The van der Waals surface area contributed by atoms with Crippen molar-refractivity contribution in [2.75, 3.05) is 19.0 Å². The second-order valence-electron chi connectivity index (χ2n) is 2.82. The minimum absolute atomic E-state index is 0.0459. The lowest BCUT2D eigenvalue weighted by Gasteiger charge is -2.07. The predicted octanol–water partition coefficient (Wildman–Crippen LogP) is 1.99. The molecule has 2 amide bonds. The molecule has 0 atom stereocenters. The lowest BCUT2D eigenvalue weighted by atomic mass is 10.3. The van der Waals surface area contributed by atoms with E-state index in [-0.39, 0.29) is 6.54 Å². The van der Waals surface area contributed by atoms with E-state index in [1.165, 1.54) is 7.11 Å². The fourth-order valence-electron chi connectivity index (χ4n) is 1.04. The summed E-state index contributed by atoms with van der Waals surface area (Å²) in [6.45, 7) is -0.0459. The Kier molecular flexibility index (Phi) is 4.42. The van der Waals surface area contributed by atoms with Gasteiger partial charge in [0, 0.05) is 5.69 Å². The number of carbonyl (C=O) groups excluding carboxylic acids is 1. The predicted molar refractivity (Wildman–Crippen MR) is 60.6 cm³/mol. The zero-order valence-corrected chi connectivity index (χ0v) is 9.34. The van der Waals surface area contributed by atoms with E-state index in [9.17, 15) is 4.79 Å². The highest BCUT2D eigenvalue weighted by molar-refractivity contribution is 6.32. The number of benzene rings is 1. The normalized spacial score (nSPS) is 9.06. The van der Waals surface area contributed by atoms with Crippen LogP contribution in [0.3, 0.4) is 0 Å². The van der Waals surface area contributed by atoms with Gasteiger partial charge in [0.05, 0.1) is 18.2 Å². The number of halogens is 1. The molecule has 1 aromatic carbocycles. The van der Waals surface area contributed by atoms with E-state index in [1.54, 1.807) is 24.3 Å². The molecule has 84 valence electrons. The van der Waals surface area contributed by atoms with Crippen LogP contribution in [0.5, 0.6) is 5.75 Å². The summed E-state index contributed by atoms with van der Waals surface area (Å²) in [4.78, 5) is 11.2. The average molecular weight is 240 g/mol. The van der Waals surface area contributed by atoms with Crippen LogP contribution in [-0.2, 0) is 0 Å². The molecule has 0 fully saturated rings. The summed E-state index contributed by atoms with van der Waals surface area (Å²) >= 11 is 5.87. The highest BCUT2D eigenvalue weighted by Gasteiger charge is 2.04. The van der Waals surface area contributed by atoms with Crippen molar-refractivity contribution >= 4 is 23.3 Å². The van der Waals surface area contributed by atoms with Crippen LogP contribution in [0.4, 0.5) is 10.5 Å². The fourth-order valence-corrected chi connectivity index (χ4v) is 1.30. The Labute approximate surface area is 98.0 Å². The zero-order chi connectivity index (χ0) is 12.0. The molecule has 0 bridgehead atoms. The fraction of sp³-hybridized carbons (Fsp3) is 0.200. The quantitative estimate of drug-likeness (QED) is 0.793. The van der Waals surface area contributed by atoms with Crippen molar-refractivity contribution in [3.8, 4) is 11.8 Å². The van der Waals surface area contributed by atoms with Crippen LogP contribution in [-0.4, -0.2) is 19.7 Å². The van der Waals surface area contributed by atoms with Crippen LogP contribution in [0.15, 0.2) is 18.2 Å². The second kappa shape index (κ2) is 5.83. The van der Waals surface area contributed by atoms with Gasteiger partial charge in [0.15, 0.2) is 0 Å². The van der Waals surface area contributed by atoms with Crippen LogP contribution >= 0.6 is 11.6 Å². The van der Waals surface area contributed by atoms with E-state index >= 15 is 0 Å². The molecule has 0 radical (unpaired) electrons. The first-order chi connectivity index (χ1) is 7.67. The van der Waals surface area contributed by atoms with Gasteiger partial charge >= 0.3 is 6.03 Å². The summed E-state index contributed by atoms with van der Waals surface area (Å²) in [5.41, 5.74) is 0.529. The van der Waals surface area contributed by atoms with Crippen LogP contribution in [0.2, 0.25) is 5.02 Å². The first-order valence-corrected chi connectivity index (χ1v) is 4.80. The molecule has 16 heavy (non-hydrogen) atoms. The monoisotopic (exact) mass is 239 g/mol. The number of hydrogen-bond acceptors (Lipinski definition) is 3. The number of rotatable bonds is 3. The van der Waals surface area contributed by atoms with E-state index in [0.717, 1.165) is 0 Å². The Morgan fingerprint density at radius 2 is 2.38 bits per heavy atom. The van der Waals surface area contributed by atoms with Gasteiger partial charge in [-0.3, -0.25) is 0 Å². The van der Waals surface area contributed by atoms with E-state index in [0.29, 0.717) is 16.5 Å². The number of nitrogens with one attached hydrogen (secondary N) is 2. The Balaban J connectivity index is 2.65. The maximum absolute atomic E-state index is 11.2.